The van der Waals surface area contributed by atoms with Crippen LogP contribution in [0.3, 0.4) is 0 Å². The van der Waals surface area contributed by atoms with E-state index in [-0.39, 0.29) is 29.4 Å². The number of amides is 1. The van der Waals surface area contributed by atoms with Gasteiger partial charge in [-0.3, -0.25) is 4.79 Å². The van der Waals surface area contributed by atoms with Crippen LogP contribution in [0.1, 0.15) is 39.9 Å². The number of likely N-dealkylation sites (tertiary alicyclic amines) is 1. The number of aliphatic hydroxyl groups is 1. The zero-order chi connectivity index (χ0) is 23.8. The summed E-state index contributed by atoms with van der Waals surface area (Å²) in [6.07, 6.45) is -3.27. The molecule has 2 aliphatic rings. The molecule has 2 aliphatic heterocycles. The predicted molar refractivity (Wildman–Crippen MR) is 118 cm³/mol. The first-order chi connectivity index (χ1) is 15.7. The van der Waals surface area contributed by atoms with E-state index in [1.165, 1.54) is 6.07 Å². The molecule has 2 fully saturated rings. The first kappa shape index (κ1) is 23.1. The van der Waals surface area contributed by atoms with Gasteiger partial charge < -0.3 is 14.9 Å². The third-order valence-corrected chi connectivity index (χ3v) is 7.17. The van der Waals surface area contributed by atoms with E-state index in [1.54, 1.807) is 17.0 Å². The Morgan fingerprint density at radius 1 is 1.18 bits per heavy atom. The quantitative estimate of drug-likeness (QED) is 0.749. The molecule has 0 saturated carbocycles. The third kappa shape index (κ3) is 4.42. The summed E-state index contributed by atoms with van der Waals surface area (Å²) in [6, 6.07) is 12.8. The number of benzene rings is 2. The summed E-state index contributed by atoms with van der Waals surface area (Å²) in [5.41, 5.74) is 0.547. The van der Waals surface area contributed by atoms with Crippen LogP contribution in [0.25, 0.3) is 0 Å². The fraction of sp³-hybridized carbons (Fsp3) is 0.440. The van der Waals surface area contributed by atoms with Gasteiger partial charge in [-0.05, 0) is 55.5 Å². The van der Waals surface area contributed by atoms with Crippen LogP contribution in [0.15, 0.2) is 42.5 Å². The molecule has 1 N–H and O–H groups in total. The average Bonchev–Trinajstić information content (AvgIpc) is 3.16. The molecule has 1 amide bonds. The molecule has 0 bridgehead atoms. The largest absolute Gasteiger partial charge is 0.417 e. The van der Waals surface area contributed by atoms with Crippen molar-refractivity contribution in [3.05, 3.63) is 64.7 Å². The first-order valence-corrected chi connectivity index (χ1v) is 11.0. The van der Waals surface area contributed by atoms with Crippen LogP contribution in [0, 0.1) is 29.6 Å². The van der Waals surface area contributed by atoms with Gasteiger partial charge in [-0.2, -0.15) is 18.4 Å². The van der Waals surface area contributed by atoms with Gasteiger partial charge in [-0.1, -0.05) is 17.7 Å². The Bertz CT molecular complexity index is 1070. The van der Waals surface area contributed by atoms with E-state index >= 15 is 0 Å². The van der Waals surface area contributed by atoms with Crippen molar-refractivity contribution >= 4 is 11.6 Å². The highest BCUT2D eigenvalue weighted by atomic mass is 19.4. The van der Waals surface area contributed by atoms with Gasteiger partial charge in [0.1, 0.15) is 0 Å². The molecule has 1 unspecified atom stereocenters. The molecule has 2 aromatic rings. The minimum Gasteiger partial charge on any atom is -0.396 e. The molecular formula is C25H26F3N3O2. The molecular weight excluding hydrogens is 431 g/mol. The van der Waals surface area contributed by atoms with E-state index in [1.807, 2.05) is 36.1 Å². The number of hydrogen-bond acceptors (Lipinski definition) is 4. The fourth-order valence-corrected chi connectivity index (χ4v) is 5.16. The Morgan fingerprint density at radius 3 is 2.42 bits per heavy atom. The lowest BCUT2D eigenvalue weighted by atomic mass is 9.71. The summed E-state index contributed by atoms with van der Waals surface area (Å²) in [5, 5.41) is 19.1. The molecule has 174 valence electrons. The number of carbonyl (C=O) groups excluding carboxylic acids is 1. The summed E-state index contributed by atoms with van der Waals surface area (Å²) in [6.45, 7) is 3.96. The highest BCUT2D eigenvalue weighted by Gasteiger charge is 2.49. The predicted octanol–water partition coefficient (Wildman–Crippen LogP) is 4.24. The van der Waals surface area contributed by atoms with Gasteiger partial charge in [-0.25, -0.2) is 0 Å². The minimum atomic E-state index is -4.59. The molecule has 1 spiro atoms. The summed E-state index contributed by atoms with van der Waals surface area (Å²) < 4.78 is 40.1. The lowest BCUT2D eigenvalue weighted by molar-refractivity contribution is -0.137. The Labute approximate surface area is 191 Å². The lowest BCUT2D eigenvalue weighted by Crippen LogP contribution is -2.45. The summed E-state index contributed by atoms with van der Waals surface area (Å²) in [5.74, 6) is -0.129. The molecule has 33 heavy (non-hydrogen) atoms. The molecule has 4 rings (SSSR count). The summed E-state index contributed by atoms with van der Waals surface area (Å²) >= 11 is 0. The Balaban J connectivity index is 1.49. The number of anilines is 1. The van der Waals surface area contributed by atoms with Crippen molar-refractivity contribution in [1.29, 1.82) is 5.26 Å². The standard InChI is InChI=1S/C25H26F3N3O2/c1-17-2-4-18(5-3-17)23(33)31-14-20(15-32)24(16-31)8-10-30(11-9-24)21-7-6-19(13-29)22(12-21)25(26,27)28/h2-7,12,20,32H,8-11,14-16H2,1H3. The van der Waals surface area contributed by atoms with Gasteiger partial charge in [0.25, 0.3) is 5.91 Å². The second-order valence-electron chi connectivity index (χ2n) is 9.12. The Hall–Kier alpha value is -3.05. The maximum absolute atomic E-state index is 13.4. The van der Waals surface area contributed by atoms with E-state index in [2.05, 4.69) is 0 Å². The molecule has 2 heterocycles. The molecule has 2 aromatic carbocycles. The molecule has 0 aromatic heterocycles. The van der Waals surface area contributed by atoms with Gasteiger partial charge in [0.05, 0.1) is 17.2 Å². The van der Waals surface area contributed by atoms with E-state index in [9.17, 15) is 23.1 Å². The normalized spacial score (nSPS) is 20.2. The van der Waals surface area contributed by atoms with Crippen molar-refractivity contribution in [2.75, 3.05) is 37.7 Å². The van der Waals surface area contributed by atoms with Crippen LogP contribution in [0.5, 0.6) is 0 Å². The van der Waals surface area contributed by atoms with E-state index in [4.69, 9.17) is 5.26 Å². The Kier molecular flexibility index (Phi) is 6.10. The van der Waals surface area contributed by atoms with Crippen molar-refractivity contribution in [2.45, 2.75) is 25.9 Å². The topological polar surface area (TPSA) is 67.6 Å². The fourth-order valence-electron chi connectivity index (χ4n) is 5.16. The van der Waals surface area contributed by atoms with Crippen molar-refractivity contribution < 1.29 is 23.1 Å². The zero-order valence-electron chi connectivity index (χ0n) is 18.4. The molecule has 8 heteroatoms. The summed E-state index contributed by atoms with van der Waals surface area (Å²) in [7, 11) is 0. The highest BCUT2D eigenvalue weighted by molar-refractivity contribution is 5.94. The average molecular weight is 457 g/mol. The number of rotatable bonds is 3. The van der Waals surface area contributed by atoms with Crippen molar-refractivity contribution in [1.82, 2.24) is 4.90 Å². The van der Waals surface area contributed by atoms with Crippen LogP contribution in [-0.4, -0.2) is 48.7 Å². The number of aliphatic hydroxyl groups excluding tert-OH is 1. The molecule has 0 radical (unpaired) electrons. The van der Waals surface area contributed by atoms with Crippen molar-refractivity contribution in [2.24, 2.45) is 11.3 Å². The van der Waals surface area contributed by atoms with Crippen molar-refractivity contribution in [3.63, 3.8) is 0 Å². The number of halogens is 3. The second kappa shape index (κ2) is 8.71. The smallest absolute Gasteiger partial charge is 0.396 e. The number of aryl methyl sites for hydroxylation is 1. The molecule has 2 saturated heterocycles. The highest BCUT2D eigenvalue weighted by Crippen LogP contribution is 2.46. The van der Waals surface area contributed by atoms with E-state index in [0.29, 0.717) is 50.3 Å². The van der Waals surface area contributed by atoms with Crippen molar-refractivity contribution in [3.8, 4) is 6.07 Å². The maximum Gasteiger partial charge on any atom is 0.417 e. The van der Waals surface area contributed by atoms with Gasteiger partial charge in [0.15, 0.2) is 0 Å². The first-order valence-electron chi connectivity index (χ1n) is 11.0. The molecule has 1 atom stereocenters. The number of alkyl halides is 3. The SMILES string of the molecule is Cc1ccc(C(=O)N2CC(CO)C3(CCN(c4ccc(C#N)c(C(F)(F)F)c4)CC3)C2)cc1. The maximum atomic E-state index is 13.4. The number of carbonyl (C=O) groups is 1. The number of nitrogens with zero attached hydrogens (tertiary/aromatic N) is 3. The van der Waals surface area contributed by atoms with Crippen LogP contribution in [-0.2, 0) is 6.18 Å². The lowest BCUT2D eigenvalue weighted by Gasteiger charge is -2.43. The van der Waals surface area contributed by atoms with E-state index in [0.717, 1.165) is 11.6 Å². The minimum absolute atomic E-state index is 0.0350. The number of hydrogen-bond donors (Lipinski definition) is 1. The summed E-state index contributed by atoms with van der Waals surface area (Å²) in [4.78, 5) is 16.7. The molecule has 5 nitrogen and oxygen atoms in total. The monoisotopic (exact) mass is 457 g/mol. The van der Waals surface area contributed by atoms with Crippen LogP contribution >= 0.6 is 0 Å². The van der Waals surface area contributed by atoms with Gasteiger partial charge in [-0.15, -0.1) is 0 Å². The zero-order valence-corrected chi connectivity index (χ0v) is 18.4. The van der Waals surface area contributed by atoms with Crippen LogP contribution in [0.4, 0.5) is 18.9 Å². The van der Waals surface area contributed by atoms with Crippen LogP contribution < -0.4 is 4.90 Å². The van der Waals surface area contributed by atoms with Gasteiger partial charge in [0.2, 0.25) is 0 Å². The number of nitriles is 1. The number of piperidine rings is 1. The van der Waals surface area contributed by atoms with Gasteiger partial charge in [0, 0.05) is 50.0 Å². The van der Waals surface area contributed by atoms with E-state index < -0.39 is 11.7 Å². The Morgan fingerprint density at radius 2 is 1.85 bits per heavy atom. The van der Waals surface area contributed by atoms with Gasteiger partial charge >= 0.3 is 6.18 Å². The second-order valence-corrected chi connectivity index (χ2v) is 9.12. The van der Waals surface area contributed by atoms with Crippen LogP contribution in [0.2, 0.25) is 0 Å². The molecule has 0 aliphatic carbocycles. The third-order valence-electron chi connectivity index (χ3n) is 7.17.